The zero-order valence-electron chi connectivity index (χ0n) is 20.4. The Labute approximate surface area is 211 Å². The van der Waals surface area contributed by atoms with E-state index in [0.717, 1.165) is 44.9 Å². The van der Waals surface area contributed by atoms with E-state index in [4.69, 9.17) is 0 Å². The van der Waals surface area contributed by atoms with E-state index in [0.29, 0.717) is 50.4 Å². The number of hydrogen-bond acceptors (Lipinski definition) is 3. The molecule has 1 aliphatic carbocycles. The molecule has 2 heterocycles. The number of unbranched alkanes of at least 4 members (excludes halogenated alkanes) is 2. The first kappa shape index (κ1) is 27.2. The summed E-state index contributed by atoms with van der Waals surface area (Å²) < 4.78 is 0. The van der Waals surface area contributed by atoms with Crippen LogP contribution in [0.5, 0.6) is 0 Å². The van der Waals surface area contributed by atoms with Crippen molar-refractivity contribution in [3.63, 3.8) is 0 Å². The van der Waals surface area contributed by atoms with Crippen LogP contribution in [0.1, 0.15) is 71.6 Å². The number of nitrogens with zero attached hydrogens (tertiary/aromatic N) is 4. The number of piperazine rings is 1. The van der Waals surface area contributed by atoms with Gasteiger partial charge in [-0.3, -0.25) is 14.6 Å². The van der Waals surface area contributed by atoms with Crippen LogP contribution in [0.4, 0.5) is 0 Å². The number of nitrogens with one attached hydrogen (secondary N) is 1. The van der Waals surface area contributed by atoms with Crippen LogP contribution < -0.4 is 5.32 Å². The molecule has 0 bridgehead atoms. The Balaban J connectivity index is 0.00000363. The summed E-state index contributed by atoms with van der Waals surface area (Å²) in [6.45, 7) is 10.1. The van der Waals surface area contributed by atoms with Crippen LogP contribution >= 0.6 is 24.0 Å². The van der Waals surface area contributed by atoms with Crippen molar-refractivity contribution in [1.82, 2.24) is 20.0 Å². The minimum absolute atomic E-state index is 0. The van der Waals surface area contributed by atoms with Crippen LogP contribution in [0, 0.1) is 11.3 Å². The molecule has 3 fully saturated rings. The number of hydrogen-bond donors (Lipinski definition) is 1. The molecule has 3 rings (SSSR count). The summed E-state index contributed by atoms with van der Waals surface area (Å²) in [4.78, 5) is 35.4. The highest BCUT2D eigenvalue weighted by molar-refractivity contribution is 14.0. The Morgan fingerprint density at radius 1 is 0.906 bits per heavy atom. The second kappa shape index (κ2) is 13.0. The maximum absolute atomic E-state index is 12.5. The van der Waals surface area contributed by atoms with Gasteiger partial charge in [0.25, 0.3) is 0 Å². The van der Waals surface area contributed by atoms with E-state index in [-0.39, 0.29) is 35.8 Å². The first-order valence-electron chi connectivity index (χ1n) is 12.4. The molecule has 0 aromatic rings. The average molecular weight is 562 g/mol. The van der Waals surface area contributed by atoms with Crippen molar-refractivity contribution in [2.75, 3.05) is 52.9 Å². The van der Waals surface area contributed by atoms with Gasteiger partial charge < -0.3 is 20.0 Å². The number of carbonyl (C=O) groups excluding carboxylic acids is 2. The molecule has 1 spiro atoms. The first-order valence-corrected chi connectivity index (χ1v) is 12.4. The Hall–Kier alpha value is -1.06. The average Bonchev–Trinajstić information content (AvgIpc) is 3.19. The van der Waals surface area contributed by atoms with Crippen molar-refractivity contribution < 1.29 is 9.59 Å². The van der Waals surface area contributed by atoms with Gasteiger partial charge in [0.1, 0.15) is 0 Å². The maximum atomic E-state index is 12.5. The quantitative estimate of drug-likeness (QED) is 0.214. The molecule has 2 aliphatic heterocycles. The Kier molecular flexibility index (Phi) is 11.0. The lowest BCUT2D eigenvalue weighted by molar-refractivity contribution is -0.140. The van der Waals surface area contributed by atoms with Gasteiger partial charge in [-0.05, 0) is 43.4 Å². The molecule has 0 radical (unpaired) electrons. The monoisotopic (exact) mass is 561 g/mol. The predicted molar refractivity (Wildman–Crippen MR) is 140 cm³/mol. The summed E-state index contributed by atoms with van der Waals surface area (Å²) in [5, 5.41) is 3.52. The van der Waals surface area contributed by atoms with Gasteiger partial charge in [0.05, 0.1) is 0 Å². The van der Waals surface area contributed by atoms with E-state index in [1.165, 1.54) is 25.7 Å². The molecular formula is C24H44IN5O2. The number of halogens is 1. The van der Waals surface area contributed by atoms with Crippen molar-refractivity contribution in [1.29, 1.82) is 0 Å². The highest BCUT2D eigenvalue weighted by Gasteiger charge is 2.43. The molecule has 1 N–H and O–H groups in total. The number of amides is 2. The standard InChI is InChI=1S/C24H43N5O2.HI/c1-20(2)18-22(31)28-16-14-27(15-17-28)21(30)8-5-4-6-12-26-23(25-3)29-13-11-24(19-29)9-7-10-24;/h20H,4-19H2,1-3H3,(H,25,26);1H. The minimum Gasteiger partial charge on any atom is -0.356 e. The van der Waals surface area contributed by atoms with E-state index in [9.17, 15) is 9.59 Å². The molecule has 1 saturated carbocycles. The normalized spacial score (nSPS) is 20.4. The Morgan fingerprint density at radius 3 is 2.09 bits per heavy atom. The van der Waals surface area contributed by atoms with Gasteiger partial charge in [-0.15, -0.1) is 24.0 Å². The van der Waals surface area contributed by atoms with Gasteiger partial charge in [-0.1, -0.05) is 26.7 Å². The Bertz CT molecular complexity index is 642. The van der Waals surface area contributed by atoms with Gasteiger partial charge in [0.2, 0.25) is 11.8 Å². The van der Waals surface area contributed by atoms with E-state index >= 15 is 0 Å². The molecule has 2 amide bonds. The topological polar surface area (TPSA) is 68.2 Å². The van der Waals surface area contributed by atoms with Crippen LogP contribution in [-0.2, 0) is 9.59 Å². The smallest absolute Gasteiger partial charge is 0.222 e. The number of carbonyl (C=O) groups is 2. The second-order valence-corrected chi connectivity index (χ2v) is 10.2. The zero-order chi connectivity index (χ0) is 22.3. The fraction of sp³-hybridized carbons (Fsp3) is 0.875. The molecule has 0 aromatic carbocycles. The van der Waals surface area contributed by atoms with Crippen LogP contribution in [-0.4, -0.2) is 85.3 Å². The van der Waals surface area contributed by atoms with E-state index in [1.807, 2.05) is 16.8 Å². The van der Waals surface area contributed by atoms with Crippen molar-refractivity contribution in [2.45, 2.75) is 71.6 Å². The molecule has 0 atom stereocenters. The van der Waals surface area contributed by atoms with Gasteiger partial charge in [-0.2, -0.15) is 0 Å². The van der Waals surface area contributed by atoms with Gasteiger partial charge in [-0.25, -0.2) is 0 Å². The number of likely N-dealkylation sites (tertiary alicyclic amines) is 1. The SMILES string of the molecule is CN=C(NCCCCCC(=O)N1CCN(C(=O)CC(C)C)CC1)N1CCC2(CCC2)C1.I. The lowest BCUT2D eigenvalue weighted by Crippen LogP contribution is -2.50. The summed E-state index contributed by atoms with van der Waals surface area (Å²) in [7, 11) is 1.88. The molecular weight excluding hydrogens is 517 g/mol. The molecule has 7 nitrogen and oxygen atoms in total. The number of guanidine groups is 1. The molecule has 0 unspecified atom stereocenters. The lowest BCUT2D eigenvalue weighted by Gasteiger charge is -2.38. The molecule has 8 heteroatoms. The zero-order valence-corrected chi connectivity index (χ0v) is 22.7. The summed E-state index contributed by atoms with van der Waals surface area (Å²) in [6, 6.07) is 0. The van der Waals surface area contributed by atoms with E-state index < -0.39 is 0 Å². The predicted octanol–water partition coefficient (Wildman–Crippen LogP) is 3.33. The van der Waals surface area contributed by atoms with E-state index in [2.05, 4.69) is 29.1 Å². The largest absolute Gasteiger partial charge is 0.356 e. The Morgan fingerprint density at radius 2 is 1.56 bits per heavy atom. The van der Waals surface area contributed by atoms with Gasteiger partial charge >= 0.3 is 0 Å². The number of rotatable bonds is 8. The third kappa shape index (κ3) is 7.48. The third-order valence-electron chi connectivity index (χ3n) is 7.28. The third-order valence-corrected chi connectivity index (χ3v) is 7.28. The molecule has 3 aliphatic rings. The summed E-state index contributed by atoms with van der Waals surface area (Å²) in [6.07, 6.45) is 9.73. The highest BCUT2D eigenvalue weighted by atomic mass is 127. The first-order chi connectivity index (χ1) is 14.9. The molecule has 0 aromatic heterocycles. The maximum Gasteiger partial charge on any atom is 0.222 e. The number of aliphatic imine (C=N–C) groups is 1. The second-order valence-electron chi connectivity index (χ2n) is 10.2. The molecule has 2 saturated heterocycles. The minimum atomic E-state index is 0. The fourth-order valence-corrected chi connectivity index (χ4v) is 5.15. The molecule has 184 valence electrons. The summed E-state index contributed by atoms with van der Waals surface area (Å²) in [5.74, 6) is 1.89. The van der Waals surface area contributed by atoms with Crippen molar-refractivity contribution in [2.24, 2.45) is 16.3 Å². The van der Waals surface area contributed by atoms with Crippen LogP contribution in [0.25, 0.3) is 0 Å². The van der Waals surface area contributed by atoms with E-state index in [1.54, 1.807) is 0 Å². The van der Waals surface area contributed by atoms with Crippen molar-refractivity contribution >= 4 is 41.8 Å². The lowest BCUT2D eigenvalue weighted by atomic mass is 9.68. The van der Waals surface area contributed by atoms with Gasteiger partial charge in [0, 0.05) is 65.7 Å². The fourth-order valence-electron chi connectivity index (χ4n) is 5.15. The van der Waals surface area contributed by atoms with Gasteiger partial charge in [0.15, 0.2) is 5.96 Å². The van der Waals surface area contributed by atoms with Crippen molar-refractivity contribution in [3.05, 3.63) is 0 Å². The van der Waals surface area contributed by atoms with Crippen molar-refractivity contribution in [3.8, 4) is 0 Å². The summed E-state index contributed by atoms with van der Waals surface area (Å²) in [5.41, 5.74) is 0.588. The highest BCUT2D eigenvalue weighted by Crippen LogP contribution is 2.47. The summed E-state index contributed by atoms with van der Waals surface area (Å²) >= 11 is 0. The van der Waals surface area contributed by atoms with Crippen LogP contribution in [0.3, 0.4) is 0 Å². The van der Waals surface area contributed by atoms with Crippen LogP contribution in [0.15, 0.2) is 4.99 Å². The molecule has 32 heavy (non-hydrogen) atoms. The van der Waals surface area contributed by atoms with Crippen LogP contribution in [0.2, 0.25) is 0 Å².